The van der Waals surface area contributed by atoms with Crippen molar-refractivity contribution in [1.29, 1.82) is 5.26 Å². The molecule has 0 bridgehead atoms. The lowest BCUT2D eigenvalue weighted by atomic mass is 10.3. The topological polar surface area (TPSA) is 85.0 Å². The zero-order valence-electron chi connectivity index (χ0n) is 7.43. The van der Waals surface area contributed by atoms with E-state index < -0.39 is 11.5 Å². The van der Waals surface area contributed by atoms with Gasteiger partial charge in [-0.25, -0.2) is 9.78 Å². The van der Waals surface area contributed by atoms with Gasteiger partial charge in [0.05, 0.1) is 19.5 Å². The van der Waals surface area contributed by atoms with Crippen molar-refractivity contribution < 1.29 is 9.53 Å². The minimum Gasteiger partial charge on any atom is -0.465 e. The van der Waals surface area contributed by atoms with Gasteiger partial charge in [-0.3, -0.25) is 9.36 Å². The molecule has 0 radical (unpaired) electrons. The monoisotopic (exact) mass is 193 g/mol. The van der Waals surface area contributed by atoms with Crippen LogP contribution < -0.4 is 5.56 Å². The third kappa shape index (κ3) is 1.77. The van der Waals surface area contributed by atoms with Crippen LogP contribution in [0, 0.1) is 11.3 Å². The van der Waals surface area contributed by atoms with Crippen molar-refractivity contribution in [3.8, 4) is 6.07 Å². The minimum absolute atomic E-state index is 0.142. The molecule has 0 saturated heterocycles. The molecule has 0 aliphatic rings. The third-order valence-corrected chi connectivity index (χ3v) is 1.55. The first-order valence-electron chi connectivity index (χ1n) is 3.70. The molecule has 6 nitrogen and oxygen atoms in total. The van der Waals surface area contributed by atoms with E-state index >= 15 is 0 Å². The standard InChI is InChI=1S/C8H7N3O3/c1-14-8(13)6-4-10-5-11(3-2-9)7(6)12/h4-5H,3H2,1H3. The first kappa shape index (κ1) is 9.92. The maximum absolute atomic E-state index is 11.4. The van der Waals surface area contributed by atoms with E-state index in [0.717, 1.165) is 10.8 Å². The molecular formula is C8H7N3O3. The summed E-state index contributed by atoms with van der Waals surface area (Å²) in [5.74, 6) is -0.755. The molecule has 0 aliphatic carbocycles. The van der Waals surface area contributed by atoms with Gasteiger partial charge in [-0.05, 0) is 0 Å². The van der Waals surface area contributed by atoms with E-state index in [1.165, 1.54) is 13.4 Å². The zero-order valence-corrected chi connectivity index (χ0v) is 7.43. The van der Waals surface area contributed by atoms with Gasteiger partial charge in [-0.15, -0.1) is 0 Å². The molecule has 0 atom stereocenters. The van der Waals surface area contributed by atoms with Crippen LogP contribution in [0.2, 0.25) is 0 Å². The van der Waals surface area contributed by atoms with Crippen LogP contribution in [0.25, 0.3) is 0 Å². The van der Waals surface area contributed by atoms with Gasteiger partial charge in [0.1, 0.15) is 12.1 Å². The van der Waals surface area contributed by atoms with Crippen molar-refractivity contribution in [2.45, 2.75) is 6.54 Å². The first-order valence-corrected chi connectivity index (χ1v) is 3.70. The van der Waals surface area contributed by atoms with Crippen molar-refractivity contribution in [3.63, 3.8) is 0 Å². The molecule has 0 aliphatic heterocycles. The SMILES string of the molecule is COC(=O)c1cncn(CC#N)c1=O. The summed E-state index contributed by atoms with van der Waals surface area (Å²) in [5, 5.41) is 8.38. The Morgan fingerprint density at radius 2 is 2.50 bits per heavy atom. The lowest BCUT2D eigenvalue weighted by molar-refractivity contribution is 0.0597. The quantitative estimate of drug-likeness (QED) is 0.594. The number of esters is 1. The van der Waals surface area contributed by atoms with Crippen LogP contribution in [-0.2, 0) is 11.3 Å². The van der Waals surface area contributed by atoms with Gasteiger partial charge in [-0.2, -0.15) is 5.26 Å². The van der Waals surface area contributed by atoms with E-state index in [4.69, 9.17) is 5.26 Å². The second-order valence-corrected chi connectivity index (χ2v) is 2.39. The molecule has 0 spiro atoms. The molecule has 1 rings (SSSR count). The smallest absolute Gasteiger partial charge is 0.345 e. The second-order valence-electron chi connectivity index (χ2n) is 2.39. The number of hydrogen-bond acceptors (Lipinski definition) is 5. The van der Waals surface area contributed by atoms with Gasteiger partial charge >= 0.3 is 5.97 Å². The summed E-state index contributed by atoms with van der Waals surface area (Å²) in [5.41, 5.74) is -0.751. The number of carbonyl (C=O) groups excluding carboxylic acids is 1. The Kier molecular flexibility index (Phi) is 2.97. The molecule has 0 N–H and O–H groups in total. The Bertz CT molecular complexity index is 444. The summed E-state index contributed by atoms with van der Waals surface area (Å²) in [6, 6.07) is 1.78. The van der Waals surface area contributed by atoms with E-state index in [1.807, 2.05) is 0 Å². The van der Waals surface area contributed by atoms with E-state index in [-0.39, 0.29) is 12.1 Å². The van der Waals surface area contributed by atoms with Gasteiger partial charge in [0, 0.05) is 6.20 Å². The van der Waals surface area contributed by atoms with Crippen molar-refractivity contribution in [1.82, 2.24) is 9.55 Å². The van der Waals surface area contributed by atoms with Crippen molar-refractivity contribution in [2.75, 3.05) is 7.11 Å². The zero-order chi connectivity index (χ0) is 10.6. The van der Waals surface area contributed by atoms with Gasteiger partial charge in [0.2, 0.25) is 0 Å². The van der Waals surface area contributed by atoms with Crippen LogP contribution in [0.4, 0.5) is 0 Å². The van der Waals surface area contributed by atoms with E-state index in [0.29, 0.717) is 0 Å². The highest BCUT2D eigenvalue weighted by Gasteiger charge is 2.12. The Morgan fingerprint density at radius 3 is 3.07 bits per heavy atom. The summed E-state index contributed by atoms with van der Waals surface area (Å²) >= 11 is 0. The predicted molar refractivity (Wildman–Crippen MR) is 45.4 cm³/mol. The maximum Gasteiger partial charge on any atom is 0.345 e. The van der Waals surface area contributed by atoms with E-state index in [2.05, 4.69) is 9.72 Å². The van der Waals surface area contributed by atoms with Crippen LogP contribution in [0.1, 0.15) is 10.4 Å². The van der Waals surface area contributed by atoms with Gasteiger partial charge in [0.25, 0.3) is 5.56 Å². The molecule has 1 aromatic rings. The van der Waals surface area contributed by atoms with Gasteiger partial charge < -0.3 is 4.74 Å². The number of carbonyl (C=O) groups is 1. The normalized spacial score (nSPS) is 9.14. The predicted octanol–water partition coefficient (Wildman–Crippen LogP) is -0.447. The molecule has 0 amide bonds. The lowest BCUT2D eigenvalue weighted by Gasteiger charge is -2.01. The Labute approximate surface area is 79.4 Å². The summed E-state index contributed by atoms with van der Waals surface area (Å²) in [7, 11) is 1.17. The number of methoxy groups -OCH3 is 1. The first-order chi connectivity index (χ1) is 6.70. The van der Waals surface area contributed by atoms with Crippen LogP contribution in [-0.4, -0.2) is 22.6 Å². The molecular weight excluding hydrogens is 186 g/mol. The highest BCUT2D eigenvalue weighted by Crippen LogP contribution is 1.91. The molecule has 14 heavy (non-hydrogen) atoms. The Hall–Kier alpha value is -2.16. The fraction of sp³-hybridized carbons (Fsp3) is 0.250. The molecule has 0 saturated carbocycles. The molecule has 1 heterocycles. The number of rotatable bonds is 2. The van der Waals surface area contributed by atoms with Gasteiger partial charge in [0.15, 0.2) is 0 Å². The molecule has 72 valence electrons. The number of ether oxygens (including phenoxy) is 1. The van der Waals surface area contributed by atoms with Crippen LogP contribution in [0.15, 0.2) is 17.3 Å². The minimum atomic E-state index is -0.755. The van der Waals surface area contributed by atoms with Crippen molar-refractivity contribution in [3.05, 3.63) is 28.4 Å². The van der Waals surface area contributed by atoms with Crippen molar-refractivity contribution >= 4 is 5.97 Å². The molecule has 1 aromatic heterocycles. The van der Waals surface area contributed by atoms with Crippen LogP contribution >= 0.6 is 0 Å². The lowest BCUT2D eigenvalue weighted by Crippen LogP contribution is -2.26. The van der Waals surface area contributed by atoms with Crippen LogP contribution in [0.5, 0.6) is 0 Å². The summed E-state index contributed by atoms with van der Waals surface area (Å²) in [6.45, 7) is -0.142. The largest absolute Gasteiger partial charge is 0.465 e. The highest BCUT2D eigenvalue weighted by atomic mass is 16.5. The second kappa shape index (κ2) is 4.18. The van der Waals surface area contributed by atoms with E-state index in [1.54, 1.807) is 6.07 Å². The maximum atomic E-state index is 11.4. The van der Waals surface area contributed by atoms with Crippen molar-refractivity contribution in [2.24, 2.45) is 0 Å². The summed E-state index contributed by atoms with van der Waals surface area (Å²) in [4.78, 5) is 26.1. The van der Waals surface area contributed by atoms with Crippen LogP contribution in [0.3, 0.4) is 0 Å². The number of nitriles is 1. The summed E-state index contributed by atoms with van der Waals surface area (Å²) < 4.78 is 5.41. The Balaban J connectivity index is 3.22. The number of hydrogen-bond donors (Lipinski definition) is 0. The fourth-order valence-corrected chi connectivity index (χ4v) is 0.889. The number of nitrogens with zero attached hydrogens (tertiary/aromatic N) is 3. The van der Waals surface area contributed by atoms with E-state index in [9.17, 15) is 9.59 Å². The fourth-order valence-electron chi connectivity index (χ4n) is 0.889. The molecule has 0 unspecified atom stereocenters. The average Bonchev–Trinajstić information content (AvgIpc) is 2.20. The number of aromatic nitrogens is 2. The third-order valence-electron chi connectivity index (χ3n) is 1.55. The molecule has 0 fully saturated rings. The molecule has 0 aromatic carbocycles. The van der Waals surface area contributed by atoms with Gasteiger partial charge in [-0.1, -0.05) is 0 Å². The average molecular weight is 193 g/mol. The Morgan fingerprint density at radius 1 is 1.79 bits per heavy atom. The molecule has 6 heteroatoms. The summed E-state index contributed by atoms with van der Waals surface area (Å²) in [6.07, 6.45) is 2.31. The highest BCUT2D eigenvalue weighted by molar-refractivity contribution is 5.88.